The van der Waals surface area contributed by atoms with Gasteiger partial charge in [-0.25, -0.2) is 0 Å². The minimum absolute atomic E-state index is 0.493. The molecule has 2 aliphatic rings. The van der Waals surface area contributed by atoms with E-state index in [1.54, 1.807) is 21.3 Å². The summed E-state index contributed by atoms with van der Waals surface area (Å²) >= 11 is 0. The van der Waals surface area contributed by atoms with E-state index in [-0.39, 0.29) is 0 Å². The van der Waals surface area contributed by atoms with E-state index < -0.39 is 16.6 Å². The zero-order chi connectivity index (χ0) is 24.4. The third-order valence-electron chi connectivity index (χ3n) is 7.86. The van der Waals surface area contributed by atoms with Crippen LogP contribution < -0.4 is 10.2 Å². The van der Waals surface area contributed by atoms with Crippen LogP contribution in [0.2, 0.25) is 0 Å². The normalized spacial score (nSPS) is 15.0. The molecule has 1 aliphatic heterocycles. The minimum Gasteiger partial charge on any atom is -0.457 e. The predicted octanol–water partition coefficient (Wildman–Crippen LogP) is 5.97. The van der Waals surface area contributed by atoms with Crippen molar-refractivity contribution < 1.29 is 14.5 Å². The number of benzene rings is 4. The van der Waals surface area contributed by atoms with Crippen molar-refractivity contribution in [1.29, 1.82) is 0 Å². The number of hydrogen-bond donors (Lipinski definition) is 1. The third-order valence-corrected chi connectivity index (χ3v) is 7.86. The van der Waals surface area contributed by atoms with Crippen LogP contribution in [-0.2, 0) is 10.1 Å². The van der Waals surface area contributed by atoms with Crippen LogP contribution in [0.1, 0.15) is 49.9 Å². The van der Waals surface area contributed by atoms with Gasteiger partial charge in [-0.05, 0) is 61.5 Å². The second-order valence-electron chi connectivity index (χ2n) is 10.5. The Bertz CT molecular complexity index is 1400. The Morgan fingerprint density at radius 1 is 0.686 bits per heavy atom. The fraction of sp³-hybridized carbons (Fsp3) is 0.226. The van der Waals surface area contributed by atoms with Gasteiger partial charge in [-0.15, -0.1) is 0 Å². The molecule has 1 heterocycles. The average Bonchev–Trinajstić information content (AvgIpc) is 3.14. The summed E-state index contributed by atoms with van der Waals surface area (Å²) in [6.07, 6.45) is 0. The van der Waals surface area contributed by atoms with E-state index in [1.165, 1.54) is 22.3 Å². The van der Waals surface area contributed by atoms with Gasteiger partial charge >= 0.3 is 7.48 Å². The van der Waals surface area contributed by atoms with E-state index in [0.29, 0.717) is 0 Å². The maximum atomic E-state index is 10.6. The van der Waals surface area contributed by atoms with Gasteiger partial charge in [0.2, 0.25) is 0 Å². The smallest absolute Gasteiger partial charge is 0.334 e. The minimum atomic E-state index is -1.02. The molecular formula is C31H28BO3. The summed E-state index contributed by atoms with van der Waals surface area (Å²) in [6.45, 7) is 7.30. The molecule has 1 radical (unpaired) electrons. The molecule has 1 N–H and O–H groups in total. The summed E-state index contributed by atoms with van der Waals surface area (Å²) in [5.74, 6) is 1.62. The monoisotopic (exact) mass is 459 g/mol. The SMILES string of the molecule is CC(C)(O)C(C)(C)O[B]c1cccc2c1Oc1ccccc1C21c2ccccc2-c2ccccc21. The lowest BCUT2D eigenvalue weighted by Gasteiger charge is -2.40. The van der Waals surface area contributed by atoms with Crippen molar-refractivity contribution in [2.45, 2.75) is 44.3 Å². The first-order chi connectivity index (χ1) is 16.7. The zero-order valence-corrected chi connectivity index (χ0v) is 20.5. The van der Waals surface area contributed by atoms with Crippen molar-refractivity contribution in [1.82, 2.24) is 0 Å². The molecule has 3 nitrogen and oxygen atoms in total. The molecule has 4 aromatic carbocycles. The Labute approximate surface area is 207 Å². The van der Waals surface area contributed by atoms with E-state index in [0.717, 1.165) is 28.1 Å². The third kappa shape index (κ3) is 3.07. The van der Waals surface area contributed by atoms with Gasteiger partial charge in [-0.1, -0.05) is 84.9 Å². The Hall–Kier alpha value is -3.34. The molecule has 0 aromatic heterocycles. The van der Waals surface area contributed by atoms with Gasteiger partial charge in [-0.3, -0.25) is 0 Å². The number of rotatable bonds is 4. The van der Waals surface area contributed by atoms with Gasteiger partial charge in [0.1, 0.15) is 11.5 Å². The first-order valence-corrected chi connectivity index (χ1v) is 12.1. The molecule has 1 spiro atoms. The summed E-state index contributed by atoms with van der Waals surface area (Å²) in [7, 11) is 1.73. The molecule has 0 bridgehead atoms. The van der Waals surface area contributed by atoms with E-state index in [2.05, 4.69) is 72.8 Å². The highest BCUT2D eigenvalue weighted by Crippen LogP contribution is 2.61. The fourth-order valence-electron chi connectivity index (χ4n) is 5.35. The van der Waals surface area contributed by atoms with Crippen molar-refractivity contribution in [3.8, 4) is 22.6 Å². The molecule has 173 valence electrons. The summed E-state index contributed by atoms with van der Waals surface area (Å²) < 4.78 is 12.8. The lowest BCUT2D eigenvalue weighted by atomic mass is 9.64. The number of ether oxygens (including phenoxy) is 1. The predicted molar refractivity (Wildman–Crippen MR) is 141 cm³/mol. The highest BCUT2D eigenvalue weighted by Gasteiger charge is 2.51. The van der Waals surface area contributed by atoms with E-state index in [1.807, 2.05) is 32.0 Å². The second kappa shape index (κ2) is 7.58. The molecular weight excluding hydrogens is 431 g/mol. The topological polar surface area (TPSA) is 38.7 Å². The maximum Gasteiger partial charge on any atom is 0.334 e. The van der Waals surface area contributed by atoms with Crippen molar-refractivity contribution in [3.05, 3.63) is 113 Å². The molecule has 0 unspecified atom stereocenters. The van der Waals surface area contributed by atoms with E-state index in [4.69, 9.17) is 9.39 Å². The molecule has 4 heteroatoms. The molecule has 35 heavy (non-hydrogen) atoms. The van der Waals surface area contributed by atoms with E-state index in [9.17, 15) is 5.11 Å². The molecule has 0 fully saturated rings. The molecule has 0 saturated carbocycles. The van der Waals surface area contributed by atoms with Gasteiger partial charge in [0.25, 0.3) is 0 Å². The molecule has 0 atom stereocenters. The summed E-state index contributed by atoms with van der Waals surface area (Å²) in [5, 5.41) is 10.6. The largest absolute Gasteiger partial charge is 0.457 e. The zero-order valence-electron chi connectivity index (χ0n) is 20.5. The summed E-state index contributed by atoms with van der Waals surface area (Å²) in [4.78, 5) is 0. The molecule has 0 amide bonds. The van der Waals surface area contributed by atoms with Crippen molar-refractivity contribution in [2.24, 2.45) is 0 Å². The van der Waals surface area contributed by atoms with Crippen LogP contribution in [0.4, 0.5) is 0 Å². The first-order valence-electron chi connectivity index (χ1n) is 12.1. The lowest BCUT2D eigenvalue weighted by molar-refractivity contribution is -0.0893. The number of aliphatic hydroxyl groups is 1. The van der Waals surface area contributed by atoms with Crippen LogP contribution in [0.5, 0.6) is 11.5 Å². The Balaban J connectivity index is 1.61. The number of para-hydroxylation sites is 2. The van der Waals surface area contributed by atoms with Gasteiger partial charge in [0.05, 0.1) is 16.6 Å². The van der Waals surface area contributed by atoms with Crippen LogP contribution in [0.3, 0.4) is 0 Å². The van der Waals surface area contributed by atoms with Gasteiger partial charge in [-0.2, -0.15) is 0 Å². The first kappa shape index (κ1) is 22.1. The summed E-state index contributed by atoms with van der Waals surface area (Å²) in [5.41, 5.74) is 5.79. The maximum absolute atomic E-state index is 10.6. The van der Waals surface area contributed by atoms with Crippen LogP contribution in [-0.4, -0.2) is 23.8 Å². The van der Waals surface area contributed by atoms with Crippen LogP contribution in [0.15, 0.2) is 91.0 Å². The molecule has 0 saturated heterocycles. The Morgan fingerprint density at radius 2 is 1.23 bits per heavy atom. The summed E-state index contributed by atoms with van der Waals surface area (Å²) in [6, 6.07) is 31.9. The highest BCUT2D eigenvalue weighted by molar-refractivity contribution is 6.48. The fourth-order valence-corrected chi connectivity index (χ4v) is 5.35. The van der Waals surface area contributed by atoms with Crippen LogP contribution >= 0.6 is 0 Å². The van der Waals surface area contributed by atoms with E-state index >= 15 is 0 Å². The number of hydrogen-bond acceptors (Lipinski definition) is 3. The lowest BCUT2D eigenvalue weighted by Crippen LogP contribution is -2.49. The van der Waals surface area contributed by atoms with Crippen molar-refractivity contribution in [3.63, 3.8) is 0 Å². The van der Waals surface area contributed by atoms with Crippen molar-refractivity contribution in [2.75, 3.05) is 0 Å². The van der Waals surface area contributed by atoms with Gasteiger partial charge in [0, 0.05) is 11.1 Å². The molecule has 1 aliphatic carbocycles. The Morgan fingerprint density at radius 3 is 1.86 bits per heavy atom. The molecule has 6 rings (SSSR count). The Kier molecular flexibility index (Phi) is 4.80. The van der Waals surface area contributed by atoms with Crippen LogP contribution in [0, 0.1) is 0 Å². The molecule has 4 aromatic rings. The quantitative estimate of drug-likeness (QED) is 0.331. The van der Waals surface area contributed by atoms with Gasteiger partial charge < -0.3 is 14.5 Å². The van der Waals surface area contributed by atoms with Gasteiger partial charge in [0.15, 0.2) is 0 Å². The number of fused-ring (bicyclic) bond motifs is 9. The average molecular weight is 459 g/mol. The second-order valence-corrected chi connectivity index (χ2v) is 10.5. The van der Waals surface area contributed by atoms with Crippen molar-refractivity contribution >= 4 is 12.9 Å². The van der Waals surface area contributed by atoms with Crippen LogP contribution in [0.25, 0.3) is 11.1 Å². The standard InChI is InChI=1S/C31H28BO3/c1-29(2,33)30(3,4)35-32-26-18-11-17-25-28(26)34-27-19-10-9-16-24(27)31(25)22-14-7-5-12-20(22)21-13-6-8-15-23(21)31/h5-19,33H,1-4H3. The highest BCUT2D eigenvalue weighted by atomic mass is 16.5.